The summed E-state index contributed by atoms with van der Waals surface area (Å²) in [5.41, 5.74) is 2.41. The Morgan fingerprint density at radius 3 is 2.83 bits per heavy atom. The maximum absolute atomic E-state index is 12.1. The molecule has 0 unspecified atom stereocenters. The Morgan fingerprint density at radius 1 is 1.07 bits per heavy atom. The summed E-state index contributed by atoms with van der Waals surface area (Å²) in [6, 6.07) is 8.98. The van der Waals surface area contributed by atoms with Crippen molar-refractivity contribution in [3.63, 3.8) is 0 Å². The van der Waals surface area contributed by atoms with Crippen LogP contribution in [0.15, 0.2) is 63.1 Å². The molecule has 2 aliphatic heterocycles. The second kappa shape index (κ2) is 7.40. The number of rotatable bonds is 5. The molecular formula is C19H12N4O5S. The molecule has 29 heavy (non-hydrogen) atoms. The maximum Gasteiger partial charge on any atom is 0.367 e. The minimum atomic E-state index is -0.513. The van der Waals surface area contributed by atoms with Gasteiger partial charge in [0.05, 0.1) is 5.57 Å². The summed E-state index contributed by atoms with van der Waals surface area (Å²) >= 11 is 1.27. The zero-order valence-corrected chi connectivity index (χ0v) is 15.6. The normalized spacial score (nSPS) is 16.2. The van der Waals surface area contributed by atoms with Gasteiger partial charge >= 0.3 is 5.97 Å². The van der Waals surface area contributed by atoms with E-state index in [1.54, 1.807) is 42.7 Å². The molecule has 10 heteroatoms. The predicted molar refractivity (Wildman–Crippen MR) is 102 cm³/mol. The number of aromatic nitrogens is 3. The average Bonchev–Trinajstić information content (AvgIpc) is 3.48. The molecule has 1 aromatic carbocycles. The smallest absolute Gasteiger partial charge is 0.367 e. The SMILES string of the molecule is O=C1ON=C(CSc2nnc(-c3ccncc3)o2)C1=Cc1ccc2c(c1)OCO2. The first kappa shape index (κ1) is 17.4. The van der Waals surface area contributed by atoms with Gasteiger partial charge in [-0.3, -0.25) is 4.98 Å². The zero-order chi connectivity index (χ0) is 19.6. The molecule has 0 N–H and O–H groups in total. The van der Waals surface area contributed by atoms with Crippen molar-refractivity contribution in [2.24, 2.45) is 5.16 Å². The molecule has 0 fully saturated rings. The number of carbonyl (C=O) groups excluding carboxylic acids is 1. The summed E-state index contributed by atoms with van der Waals surface area (Å²) in [6.45, 7) is 0.187. The Morgan fingerprint density at radius 2 is 1.93 bits per heavy atom. The molecule has 4 heterocycles. The predicted octanol–water partition coefficient (Wildman–Crippen LogP) is 2.95. The van der Waals surface area contributed by atoms with E-state index in [0.717, 1.165) is 11.1 Å². The van der Waals surface area contributed by atoms with Gasteiger partial charge in [-0.2, -0.15) is 0 Å². The van der Waals surface area contributed by atoms with Crippen LogP contribution in [0.2, 0.25) is 0 Å². The van der Waals surface area contributed by atoms with Crippen LogP contribution in [0.1, 0.15) is 5.56 Å². The van der Waals surface area contributed by atoms with Gasteiger partial charge in [0, 0.05) is 23.7 Å². The van der Waals surface area contributed by atoms with Crippen molar-refractivity contribution < 1.29 is 23.5 Å². The fourth-order valence-electron chi connectivity index (χ4n) is 2.74. The topological polar surface area (TPSA) is 109 Å². The van der Waals surface area contributed by atoms with Crippen molar-refractivity contribution in [3.8, 4) is 23.0 Å². The number of thioether (sulfide) groups is 1. The molecule has 0 spiro atoms. The third kappa shape index (κ3) is 3.57. The van der Waals surface area contributed by atoms with Crippen LogP contribution in [0.5, 0.6) is 11.5 Å². The number of hydrogen-bond donors (Lipinski definition) is 0. The highest BCUT2D eigenvalue weighted by atomic mass is 32.2. The van der Waals surface area contributed by atoms with Crippen LogP contribution >= 0.6 is 11.8 Å². The van der Waals surface area contributed by atoms with Gasteiger partial charge in [-0.1, -0.05) is 23.0 Å². The third-order valence-corrected chi connectivity index (χ3v) is 4.97. The van der Waals surface area contributed by atoms with E-state index >= 15 is 0 Å². The Hall–Kier alpha value is -3.66. The van der Waals surface area contributed by atoms with Crippen LogP contribution < -0.4 is 9.47 Å². The highest BCUT2D eigenvalue weighted by molar-refractivity contribution is 7.99. The van der Waals surface area contributed by atoms with E-state index in [2.05, 4.69) is 20.3 Å². The molecule has 0 saturated heterocycles. The summed E-state index contributed by atoms with van der Waals surface area (Å²) in [4.78, 5) is 20.9. The van der Waals surface area contributed by atoms with Crippen molar-refractivity contribution >= 4 is 29.5 Å². The minimum absolute atomic E-state index is 0.187. The molecule has 0 bridgehead atoms. The lowest BCUT2D eigenvalue weighted by Gasteiger charge is -2.00. The first-order chi connectivity index (χ1) is 14.3. The lowest BCUT2D eigenvalue weighted by atomic mass is 10.1. The second-order valence-corrected chi connectivity index (χ2v) is 6.91. The number of ether oxygens (including phenoxy) is 2. The Bertz CT molecular complexity index is 1140. The molecule has 2 aliphatic rings. The van der Waals surface area contributed by atoms with Gasteiger partial charge < -0.3 is 18.7 Å². The molecular weight excluding hydrogens is 396 g/mol. The van der Waals surface area contributed by atoms with Crippen LogP contribution in [0.4, 0.5) is 0 Å². The van der Waals surface area contributed by atoms with E-state index in [0.29, 0.717) is 39.7 Å². The second-order valence-electron chi connectivity index (χ2n) is 5.99. The van der Waals surface area contributed by atoms with Gasteiger partial charge in [0.2, 0.25) is 12.7 Å². The van der Waals surface area contributed by atoms with Crippen molar-refractivity contribution in [2.75, 3.05) is 12.5 Å². The summed E-state index contributed by atoms with van der Waals surface area (Å²) in [6.07, 6.45) is 5.00. The lowest BCUT2D eigenvalue weighted by molar-refractivity contribution is -0.136. The highest BCUT2D eigenvalue weighted by Gasteiger charge is 2.26. The van der Waals surface area contributed by atoms with E-state index < -0.39 is 5.97 Å². The van der Waals surface area contributed by atoms with E-state index in [1.165, 1.54) is 11.8 Å². The van der Waals surface area contributed by atoms with Gasteiger partial charge in [0.1, 0.15) is 5.71 Å². The van der Waals surface area contributed by atoms with Gasteiger partial charge in [-0.05, 0) is 35.9 Å². The number of fused-ring (bicyclic) bond motifs is 1. The number of nitrogens with zero attached hydrogens (tertiary/aromatic N) is 4. The van der Waals surface area contributed by atoms with Crippen molar-refractivity contribution in [2.45, 2.75) is 5.22 Å². The van der Waals surface area contributed by atoms with E-state index in [4.69, 9.17) is 18.7 Å². The number of carbonyl (C=O) groups is 1. The highest BCUT2D eigenvalue weighted by Crippen LogP contribution is 2.33. The van der Waals surface area contributed by atoms with E-state index in [9.17, 15) is 4.79 Å². The largest absolute Gasteiger partial charge is 0.454 e. The summed E-state index contributed by atoms with van der Waals surface area (Å²) in [5, 5.41) is 12.3. The molecule has 5 rings (SSSR count). The van der Waals surface area contributed by atoms with Crippen molar-refractivity contribution in [1.29, 1.82) is 0 Å². The van der Waals surface area contributed by atoms with Gasteiger partial charge in [-0.15, -0.1) is 10.2 Å². The molecule has 0 atom stereocenters. The fourth-order valence-corrected chi connectivity index (χ4v) is 3.44. The third-order valence-electron chi connectivity index (χ3n) is 4.14. The summed E-state index contributed by atoms with van der Waals surface area (Å²) in [5.74, 6) is 1.52. The Kier molecular flexibility index (Phi) is 4.45. The Balaban J connectivity index is 1.31. The molecule has 9 nitrogen and oxygen atoms in total. The molecule has 2 aromatic heterocycles. The number of pyridine rings is 1. The molecule has 144 valence electrons. The molecule has 0 amide bonds. The number of benzene rings is 1. The van der Waals surface area contributed by atoms with Crippen molar-refractivity contribution in [1.82, 2.24) is 15.2 Å². The van der Waals surface area contributed by atoms with Gasteiger partial charge in [0.15, 0.2) is 11.5 Å². The molecule has 0 saturated carbocycles. The van der Waals surface area contributed by atoms with Crippen LogP contribution in [-0.4, -0.2) is 39.4 Å². The number of oxime groups is 1. The monoisotopic (exact) mass is 408 g/mol. The first-order valence-electron chi connectivity index (χ1n) is 8.53. The zero-order valence-electron chi connectivity index (χ0n) is 14.8. The van der Waals surface area contributed by atoms with Crippen LogP contribution in [-0.2, 0) is 9.63 Å². The lowest BCUT2D eigenvalue weighted by Crippen LogP contribution is -2.07. The standard InChI is InChI=1S/C19H12N4O5S/c24-18-13(7-11-1-2-15-16(8-11)26-10-25-15)14(23-28-18)9-29-19-22-21-17(27-19)12-3-5-20-6-4-12/h1-8H,9-10H2. The van der Waals surface area contributed by atoms with Gasteiger partial charge in [0.25, 0.3) is 5.22 Å². The molecule has 3 aromatic rings. The van der Waals surface area contributed by atoms with Crippen LogP contribution in [0, 0.1) is 0 Å². The van der Waals surface area contributed by atoms with Crippen LogP contribution in [0.3, 0.4) is 0 Å². The summed E-state index contributed by atoms with van der Waals surface area (Å²) in [7, 11) is 0. The van der Waals surface area contributed by atoms with Crippen LogP contribution in [0.25, 0.3) is 17.5 Å². The fraction of sp³-hybridized carbons (Fsp3) is 0.105. The maximum atomic E-state index is 12.1. The minimum Gasteiger partial charge on any atom is -0.454 e. The van der Waals surface area contributed by atoms with E-state index in [1.807, 2.05) is 6.07 Å². The molecule has 0 radical (unpaired) electrons. The van der Waals surface area contributed by atoms with Crippen molar-refractivity contribution in [3.05, 3.63) is 53.9 Å². The van der Waals surface area contributed by atoms with Gasteiger partial charge in [-0.25, -0.2) is 4.79 Å². The summed E-state index contributed by atoms with van der Waals surface area (Å²) < 4.78 is 16.3. The first-order valence-corrected chi connectivity index (χ1v) is 9.51. The molecule has 0 aliphatic carbocycles. The van der Waals surface area contributed by atoms with E-state index in [-0.39, 0.29) is 6.79 Å². The number of hydrogen-bond acceptors (Lipinski definition) is 10. The average molecular weight is 408 g/mol. The Labute approximate surface area is 168 Å². The quantitative estimate of drug-likeness (QED) is 0.357.